The molecule has 1 aliphatic rings. The third kappa shape index (κ3) is 1.82. The smallest absolute Gasteiger partial charge is 0.195 e. The predicted molar refractivity (Wildman–Crippen MR) is 52.2 cm³/mol. The van der Waals surface area contributed by atoms with Crippen molar-refractivity contribution in [1.82, 2.24) is 0 Å². The monoisotopic (exact) mass is 212 g/mol. The summed E-state index contributed by atoms with van der Waals surface area (Å²) in [4.78, 5) is 0. The summed E-state index contributed by atoms with van der Waals surface area (Å²) in [6.07, 6.45) is 0. The fraction of sp³-hybridized carbons (Fsp3) is 0.455. The highest BCUT2D eigenvalue weighted by Crippen LogP contribution is 2.36. The van der Waals surface area contributed by atoms with Crippen LogP contribution in [-0.4, -0.2) is 20.3 Å². The fourth-order valence-electron chi connectivity index (χ4n) is 1.71. The normalized spacial score (nSPS) is 19.1. The van der Waals surface area contributed by atoms with Gasteiger partial charge in [0.2, 0.25) is 0 Å². The minimum absolute atomic E-state index is 0.336. The molecule has 1 aromatic rings. The molecule has 0 aliphatic carbocycles. The van der Waals surface area contributed by atoms with E-state index in [1.807, 2.05) is 0 Å². The predicted octanol–water partition coefficient (Wildman–Crippen LogP) is 2.05. The summed E-state index contributed by atoms with van der Waals surface area (Å²) in [5, 5.41) is 0. The van der Waals surface area contributed by atoms with Crippen LogP contribution in [0.5, 0.6) is 5.75 Å². The number of halogens is 1. The molecule has 0 N–H and O–H groups in total. The van der Waals surface area contributed by atoms with E-state index in [2.05, 4.69) is 0 Å². The number of rotatable bonds is 2. The molecule has 1 aromatic carbocycles. The molecule has 3 nitrogen and oxygen atoms in total. The minimum Gasteiger partial charge on any atom is -0.496 e. The van der Waals surface area contributed by atoms with Gasteiger partial charge in [0.1, 0.15) is 11.6 Å². The van der Waals surface area contributed by atoms with Crippen molar-refractivity contribution in [1.29, 1.82) is 0 Å². The van der Waals surface area contributed by atoms with Gasteiger partial charge >= 0.3 is 0 Å². The molecular formula is C11H13FO3. The number of methoxy groups -OCH3 is 1. The topological polar surface area (TPSA) is 27.7 Å². The van der Waals surface area contributed by atoms with Gasteiger partial charge in [-0.3, -0.25) is 0 Å². The van der Waals surface area contributed by atoms with E-state index in [0.29, 0.717) is 24.5 Å². The molecular weight excluding hydrogens is 199 g/mol. The van der Waals surface area contributed by atoms with Gasteiger partial charge in [-0.25, -0.2) is 4.39 Å². The average Bonchev–Trinajstić information content (AvgIpc) is 2.66. The number of benzene rings is 1. The molecule has 4 heteroatoms. The van der Waals surface area contributed by atoms with Gasteiger partial charge in [0.25, 0.3) is 0 Å². The maximum absolute atomic E-state index is 13.0. The van der Waals surface area contributed by atoms with Gasteiger partial charge in [0.15, 0.2) is 5.79 Å². The molecule has 0 amide bonds. The zero-order valence-corrected chi connectivity index (χ0v) is 8.75. The zero-order valence-electron chi connectivity index (χ0n) is 8.75. The molecule has 2 rings (SSSR count). The lowest BCUT2D eigenvalue weighted by molar-refractivity contribution is -0.150. The highest BCUT2D eigenvalue weighted by Gasteiger charge is 2.35. The van der Waals surface area contributed by atoms with Crippen molar-refractivity contribution in [3.05, 3.63) is 29.6 Å². The Kier molecular flexibility index (Phi) is 2.63. The molecule has 15 heavy (non-hydrogen) atoms. The fourth-order valence-corrected chi connectivity index (χ4v) is 1.71. The van der Waals surface area contributed by atoms with E-state index < -0.39 is 5.79 Å². The van der Waals surface area contributed by atoms with Crippen LogP contribution in [0.25, 0.3) is 0 Å². The van der Waals surface area contributed by atoms with Crippen molar-refractivity contribution in [3.8, 4) is 5.75 Å². The van der Waals surface area contributed by atoms with Gasteiger partial charge < -0.3 is 14.2 Å². The van der Waals surface area contributed by atoms with Crippen molar-refractivity contribution in [3.63, 3.8) is 0 Å². The van der Waals surface area contributed by atoms with Gasteiger partial charge in [-0.15, -0.1) is 0 Å². The number of ether oxygens (including phenoxy) is 3. The summed E-state index contributed by atoms with van der Waals surface area (Å²) < 4.78 is 29.1. The molecule has 1 aliphatic heterocycles. The van der Waals surface area contributed by atoms with Crippen molar-refractivity contribution < 1.29 is 18.6 Å². The Morgan fingerprint density at radius 3 is 2.60 bits per heavy atom. The first-order valence-electron chi connectivity index (χ1n) is 4.77. The lowest BCUT2D eigenvalue weighted by Crippen LogP contribution is -2.23. The summed E-state index contributed by atoms with van der Waals surface area (Å²) >= 11 is 0. The Morgan fingerprint density at radius 2 is 2.00 bits per heavy atom. The molecule has 0 spiro atoms. The van der Waals surface area contributed by atoms with Crippen LogP contribution in [-0.2, 0) is 15.3 Å². The van der Waals surface area contributed by atoms with Gasteiger partial charge in [0.05, 0.1) is 25.9 Å². The Balaban J connectivity index is 2.42. The molecule has 1 fully saturated rings. The second-order valence-electron chi connectivity index (χ2n) is 3.49. The lowest BCUT2D eigenvalue weighted by atomic mass is 10.1. The molecule has 0 aromatic heterocycles. The first-order chi connectivity index (χ1) is 7.15. The van der Waals surface area contributed by atoms with E-state index in [1.165, 1.54) is 19.2 Å². The van der Waals surface area contributed by atoms with Crippen molar-refractivity contribution in [2.75, 3.05) is 20.3 Å². The highest BCUT2D eigenvalue weighted by molar-refractivity contribution is 5.37. The van der Waals surface area contributed by atoms with E-state index in [0.717, 1.165) is 0 Å². The van der Waals surface area contributed by atoms with Crippen molar-refractivity contribution in [2.24, 2.45) is 0 Å². The third-order valence-corrected chi connectivity index (χ3v) is 2.49. The maximum Gasteiger partial charge on any atom is 0.195 e. The van der Waals surface area contributed by atoms with Crippen LogP contribution >= 0.6 is 0 Å². The minimum atomic E-state index is -0.820. The summed E-state index contributed by atoms with van der Waals surface area (Å²) in [7, 11) is 1.50. The lowest BCUT2D eigenvalue weighted by Gasteiger charge is -2.24. The first kappa shape index (κ1) is 10.4. The van der Waals surface area contributed by atoms with Gasteiger partial charge in [-0.05, 0) is 19.1 Å². The molecule has 0 saturated carbocycles. The van der Waals surface area contributed by atoms with Crippen LogP contribution < -0.4 is 4.74 Å². The number of hydrogen-bond donors (Lipinski definition) is 0. The quantitative estimate of drug-likeness (QED) is 0.751. The van der Waals surface area contributed by atoms with Crippen LogP contribution in [0.1, 0.15) is 12.5 Å². The molecule has 0 unspecified atom stereocenters. The van der Waals surface area contributed by atoms with E-state index in [-0.39, 0.29) is 5.82 Å². The second-order valence-corrected chi connectivity index (χ2v) is 3.49. The summed E-state index contributed by atoms with van der Waals surface area (Å²) in [5.41, 5.74) is 0.712. The van der Waals surface area contributed by atoms with E-state index >= 15 is 0 Å². The summed E-state index contributed by atoms with van der Waals surface area (Å²) in [6.45, 7) is 2.88. The Bertz CT molecular complexity index is 359. The van der Waals surface area contributed by atoms with Crippen molar-refractivity contribution in [2.45, 2.75) is 12.7 Å². The van der Waals surface area contributed by atoms with E-state index in [4.69, 9.17) is 14.2 Å². The van der Waals surface area contributed by atoms with Crippen LogP contribution in [0.4, 0.5) is 4.39 Å². The largest absolute Gasteiger partial charge is 0.496 e. The molecule has 1 saturated heterocycles. The molecule has 1 heterocycles. The Morgan fingerprint density at radius 1 is 1.33 bits per heavy atom. The molecule has 0 radical (unpaired) electrons. The summed E-state index contributed by atoms with van der Waals surface area (Å²) in [5.74, 6) is -0.712. The highest BCUT2D eigenvalue weighted by atomic mass is 19.1. The zero-order chi connectivity index (χ0) is 10.9. The average molecular weight is 212 g/mol. The molecule has 82 valence electrons. The van der Waals surface area contributed by atoms with Crippen LogP contribution in [0, 0.1) is 5.82 Å². The maximum atomic E-state index is 13.0. The van der Waals surface area contributed by atoms with E-state index in [1.54, 1.807) is 13.0 Å². The Labute approximate surface area is 87.8 Å². The molecule has 0 bridgehead atoms. The van der Waals surface area contributed by atoms with Crippen LogP contribution in [0.15, 0.2) is 18.2 Å². The standard InChI is InChI=1S/C11H13FO3/c1-11(14-5-6-15-11)9-4-3-8(12)7-10(9)13-2/h3-4,7H,5-6H2,1-2H3. The van der Waals surface area contributed by atoms with Gasteiger partial charge in [-0.2, -0.15) is 0 Å². The van der Waals surface area contributed by atoms with Crippen LogP contribution in [0.2, 0.25) is 0 Å². The summed E-state index contributed by atoms with van der Waals surface area (Å²) in [6, 6.07) is 4.32. The van der Waals surface area contributed by atoms with E-state index in [9.17, 15) is 4.39 Å². The first-order valence-corrected chi connectivity index (χ1v) is 4.77. The number of hydrogen-bond acceptors (Lipinski definition) is 3. The SMILES string of the molecule is COc1cc(F)ccc1C1(C)OCCO1. The van der Waals surface area contributed by atoms with Crippen LogP contribution in [0.3, 0.4) is 0 Å². The van der Waals surface area contributed by atoms with Gasteiger partial charge in [0, 0.05) is 6.07 Å². The molecule has 0 atom stereocenters. The van der Waals surface area contributed by atoms with Gasteiger partial charge in [-0.1, -0.05) is 0 Å². The van der Waals surface area contributed by atoms with Crippen molar-refractivity contribution >= 4 is 0 Å². The second kappa shape index (κ2) is 3.79. The Hall–Kier alpha value is -1.13. The third-order valence-electron chi connectivity index (χ3n) is 2.49.